The first kappa shape index (κ1) is 20.9. The highest BCUT2D eigenvalue weighted by Crippen LogP contribution is 2.39. The Bertz CT molecular complexity index is 983. The van der Waals surface area contributed by atoms with E-state index in [0.29, 0.717) is 5.92 Å². The lowest BCUT2D eigenvalue weighted by molar-refractivity contribution is -0.0376. The number of anilines is 1. The molecule has 2 aromatic heterocycles. The number of carbonyl (C=O) groups excluding carboxylic acids is 2. The largest absolute Gasteiger partial charge is 0.413 e. The molecular formula is C19H23F2N7O3. The van der Waals surface area contributed by atoms with Gasteiger partial charge < -0.3 is 15.8 Å². The molecule has 2 aromatic rings. The number of nitrogens with two attached hydrogens (primary N) is 1. The normalized spacial score (nSPS) is 18.4. The molecule has 0 aliphatic heterocycles. The summed E-state index contributed by atoms with van der Waals surface area (Å²) in [6.07, 6.45) is 2.44. The van der Waals surface area contributed by atoms with E-state index >= 15 is 0 Å². The average molecular weight is 435 g/mol. The summed E-state index contributed by atoms with van der Waals surface area (Å²) in [4.78, 5) is 33.7. The van der Waals surface area contributed by atoms with Crippen LogP contribution in [0.5, 0.6) is 5.88 Å². The third-order valence-electron chi connectivity index (χ3n) is 5.42. The molecular weight excluding hydrogens is 412 g/mol. The number of halogens is 2. The van der Waals surface area contributed by atoms with Gasteiger partial charge in [0.2, 0.25) is 11.8 Å². The van der Waals surface area contributed by atoms with Crippen LogP contribution in [0.25, 0.3) is 5.95 Å². The van der Waals surface area contributed by atoms with E-state index in [-0.39, 0.29) is 43.3 Å². The van der Waals surface area contributed by atoms with Crippen LogP contribution >= 0.6 is 0 Å². The average Bonchev–Trinajstić information content (AvgIpc) is 3.45. The molecule has 0 spiro atoms. The van der Waals surface area contributed by atoms with Crippen LogP contribution in [0.2, 0.25) is 0 Å². The number of amides is 3. The number of nitrogens with one attached hydrogen (secondary N) is 1. The van der Waals surface area contributed by atoms with Crippen molar-refractivity contribution in [1.82, 2.24) is 25.1 Å². The van der Waals surface area contributed by atoms with Crippen molar-refractivity contribution >= 4 is 17.9 Å². The van der Waals surface area contributed by atoms with E-state index in [2.05, 4.69) is 20.4 Å². The number of primary amides is 1. The summed E-state index contributed by atoms with van der Waals surface area (Å²) < 4.78 is 33.8. The third kappa shape index (κ3) is 4.72. The Hall–Kier alpha value is -3.31. The number of carbonyl (C=O) groups is 2. The summed E-state index contributed by atoms with van der Waals surface area (Å²) in [6, 6.07) is 1.72. The van der Waals surface area contributed by atoms with Crippen molar-refractivity contribution in [2.24, 2.45) is 5.73 Å². The number of nitrogens with zero attached hydrogens (tertiary/aromatic N) is 5. The number of alkyl halides is 2. The van der Waals surface area contributed by atoms with Gasteiger partial charge in [0, 0.05) is 44.1 Å². The number of urea groups is 1. The van der Waals surface area contributed by atoms with Crippen LogP contribution < -0.4 is 20.7 Å². The Morgan fingerprint density at radius 3 is 2.58 bits per heavy atom. The third-order valence-corrected chi connectivity index (χ3v) is 5.42. The smallest absolute Gasteiger partial charge is 0.391 e. The quantitative estimate of drug-likeness (QED) is 0.743. The van der Waals surface area contributed by atoms with Crippen molar-refractivity contribution in [3.8, 4) is 11.8 Å². The summed E-state index contributed by atoms with van der Waals surface area (Å²) in [5.41, 5.74) is 6.47. The second kappa shape index (κ2) is 8.08. The van der Waals surface area contributed by atoms with Crippen molar-refractivity contribution < 1.29 is 23.1 Å². The molecule has 2 saturated carbocycles. The Kier molecular flexibility index (Phi) is 5.46. The van der Waals surface area contributed by atoms with Crippen molar-refractivity contribution in [2.45, 2.75) is 56.4 Å². The van der Waals surface area contributed by atoms with Crippen LogP contribution in [0.15, 0.2) is 18.3 Å². The zero-order valence-electron chi connectivity index (χ0n) is 16.9. The molecule has 3 amide bonds. The maximum atomic E-state index is 13.6. The highest BCUT2D eigenvalue weighted by molar-refractivity contribution is 5.90. The van der Waals surface area contributed by atoms with E-state index in [1.54, 1.807) is 6.20 Å². The molecule has 0 aromatic carbocycles. The summed E-state index contributed by atoms with van der Waals surface area (Å²) in [7, 11) is 1.39. The Balaban J connectivity index is 1.70. The number of aromatic nitrogens is 4. The van der Waals surface area contributed by atoms with E-state index in [1.165, 1.54) is 17.8 Å². The molecule has 10 nitrogen and oxygen atoms in total. The zero-order chi connectivity index (χ0) is 22.2. The molecule has 2 fully saturated rings. The lowest BCUT2D eigenvalue weighted by Gasteiger charge is -2.35. The molecule has 3 N–H and O–H groups in total. The fourth-order valence-corrected chi connectivity index (χ4v) is 3.63. The Morgan fingerprint density at radius 1 is 1.26 bits per heavy atom. The molecule has 0 radical (unpaired) electrons. The van der Waals surface area contributed by atoms with Gasteiger partial charge in [0.25, 0.3) is 5.95 Å². The minimum atomic E-state index is -2.77. The monoisotopic (exact) mass is 435 g/mol. The van der Waals surface area contributed by atoms with Crippen LogP contribution in [0, 0.1) is 0 Å². The van der Waals surface area contributed by atoms with Gasteiger partial charge in [0.05, 0.1) is 5.69 Å². The minimum Gasteiger partial charge on any atom is -0.391 e. The molecule has 2 heterocycles. The molecule has 12 heteroatoms. The van der Waals surface area contributed by atoms with Gasteiger partial charge in [0.15, 0.2) is 0 Å². The molecule has 166 valence electrons. The maximum absolute atomic E-state index is 13.6. The fourth-order valence-electron chi connectivity index (χ4n) is 3.63. The molecule has 0 saturated heterocycles. The van der Waals surface area contributed by atoms with Crippen molar-refractivity contribution in [3.05, 3.63) is 24.0 Å². The molecule has 0 unspecified atom stereocenters. The van der Waals surface area contributed by atoms with Gasteiger partial charge in [-0.3, -0.25) is 4.90 Å². The molecule has 0 atom stereocenters. The zero-order valence-corrected chi connectivity index (χ0v) is 16.9. The number of hydrogen-bond acceptors (Lipinski definition) is 6. The van der Waals surface area contributed by atoms with Crippen molar-refractivity contribution in [2.75, 3.05) is 11.9 Å². The van der Waals surface area contributed by atoms with Crippen LogP contribution in [-0.4, -0.2) is 50.9 Å². The lowest BCUT2D eigenvalue weighted by Crippen LogP contribution is -2.47. The summed E-state index contributed by atoms with van der Waals surface area (Å²) in [5.74, 6) is -2.38. The highest BCUT2D eigenvalue weighted by atomic mass is 19.3. The minimum absolute atomic E-state index is 0.0510. The van der Waals surface area contributed by atoms with Crippen LogP contribution in [-0.2, 0) is 0 Å². The predicted molar refractivity (Wildman–Crippen MR) is 105 cm³/mol. The molecule has 2 aliphatic rings. The van der Waals surface area contributed by atoms with Crippen LogP contribution in [0.3, 0.4) is 0 Å². The summed E-state index contributed by atoms with van der Waals surface area (Å²) in [5, 5.41) is 6.77. The Morgan fingerprint density at radius 2 is 1.97 bits per heavy atom. The topological polar surface area (TPSA) is 128 Å². The molecule has 0 bridgehead atoms. The van der Waals surface area contributed by atoms with Gasteiger partial charge in [-0.15, -0.1) is 0 Å². The second-order valence-corrected chi connectivity index (χ2v) is 7.76. The lowest BCUT2D eigenvalue weighted by atomic mass is 9.91. The maximum Gasteiger partial charge on any atom is 0.413 e. The SMILES string of the molecule is CNC(=O)Oc1cc(N(C(N)=O)C2CCC(F)(F)CC2)nc(-n2ccc(C3CC3)n2)n1. The van der Waals surface area contributed by atoms with Crippen molar-refractivity contribution in [1.29, 1.82) is 0 Å². The molecule has 2 aliphatic carbocycles. The summed E-state index contributed by atoms with van der Waals surface area (Å²) in [6.45, 7) is 0. The van der Waals surface area contributed by atoms with Crippen LogP contribution in [0.1, 0.15) is 50.1 Å². The molecule has 4 rings (SSSR count). The number of ether oxygens (including phenoxy) is 1. The highest BCUT2D eigenvalue weighted by Gasteiger charge is 2.39. The van der Waals surface area contributed by atoms with Gasteiger partial charge >= 0.3 is 12.1 Å². The van der Waals surface area contributed by atoms with E-state index < -0.39 is 24.1 Å². The van der Waals surface area contributed by atoms with Gasteiger partial charge in [-0.2, -0.15) is 15.1 Å². The van der Waals surface area contributed by atoms with E-state index in [0.717, 1.165) is 23.4 Å². The summed E-state index contributed by atoms with van der Waals surface area (Å²) >= 11 is 0. The van der Waals surface area contributed by atoms with Gasteiger partial charge in [-0.25, -0.2) is 23.1 Å². The first-order valence-electron chi connectivity index (χ1n) is 10.1. The standard InChI is InChI=1S/C19H23F2N7O3/c1-23-18(30)31-15-10-14(28(16(22)29)12-4-7-19(20,21)8-5-12)24-17(25-15)27-9-6-13(26-27)11-2-3-11/h6,9-12H,2-5,7-8H2,1H3,(H2,22,29)(H,23,30). The van der Waals surface area contributed by atoms with Crippen LogP contribution in [0.4, 0.5) is 24.2 Å². The van der Waals surface area contributed by atoms with Gasteiger partial charge in [0.1, 0.15) is 5.82 Å². The van der Waals surface area contributed by atoms with Crippen molar-refractivity contribution in [3.63, 3.8) is 0 Å². The van der Waals surface area contributed by atoms with Gasteiger partial charge in [-0.1, -0.05) is 0 Å². The Labute approximate surface area is 176 Å². The second-order valence-electron chi connectivity index (χ2n) is 7.76. The van der Waals surface area contributed by atoms with E-state index in [4.69, 9.17) is 10.5 Å². The fraction of sp³-hybridized carbons (Fsp3) is 0.526. The van der Waals surface area contributed by atoms with E-state index in [9.17, 15) is 18.4 Å². The predicted octanol–water partition coefficient (Wildman–Crippen LogP) is 2.72. The van der Waals surface area contributed by atoms with E-state index in [1.807, 2.05) is 6.07 Å². The first-order chi connectivity index (χ1) is 14.8. The molecule has 31 heavy (non-hydrogen) atoms. The number of rotatable bonds is 5. The first-order valence-corrected chi connectivity index (χ1v) is 10.1. The van der Waals surface area contributed by atoms with Gasteiger partial charge in [-0.05, 0) is 31.7 Å². The number of hydrogen-bond donors (Lipinski definition) is 2.